The van der Waals surface area contributed by atoms with Crippen LogP contribution in [0.3, 0.4) is 0 Å². The summed E-state index contributed by atoms with van der Waals surface area (Å²) in [6.07, 6.45) is -14.0. The van der Waals surface area contributed by atoms with Crippen molar-refractivity contribution in [1.29, 1.82) is 0 Å². The molecule has 2 saturated heterocycles. The average Bonchev–Trinajstić information content (AvgIpc) is 3.44. The van der Waals surface area contributed by atoms with Gasteiger partial charge in [0.05, 0.1) is 13.2 Å². The first-order valence-corrected chi connectivity index (χ1v) is 13.2. The fourth-order valence-electron chi connectivity index (χ4n) is 4.89. The minimum atomic E-state index is -1.65. The van der Waals surface area contributed by atoms with Crippen molar-refractivity contribution in [2.45, 2.75) is 74.3 Å². The second-order valence-electron chi connectivity index (χ2n) is 10.1. The maximum absolute atomic E-state index is 10.4. The lowest BCUT2D eigenvalue weighted by Gasteiger charge is -2.40. The molecule has 0 spiro atoms. The number of fused-ring (bicyclic) bond motifs is 1. The Labute approximate surface area is 234 Å². The number of hydrogen-bond acceptors (Lipinski definition) is 14. The number of aliphatic hydroxyl groups excluding tert-OH is 8. The lowest BCUT2D eigenvalue weighted by Crippen LogP contribution is -2.60. The molecule has 0 bridgehead atoms. The van der Waals surface area contributed by atoms with Crippen molar-refractivity contribution in [2.24, 2.45) is 0 Å². The van der Waals surface area contributed by atoms with Crippen molar-refractivity contribution < 1.29 is 69.3 Å². The number of aryl methyl sites for hydroxylation is 2. The molecule has 41 heavy (non-hydrogen) atoms. The van der Waals surface area contributed by atoms with Crippen LogP contribution in [-0.2, 0) is 22.3 Å². The van der Waals surface area contributed by atoms with Gasteiger partial charge < -0.3 is 69.3 Å². The Morgan fingerprint density at radius 3 is 1.63 bits per heavy atom. The minimum absolute atomic E-state index is 0.108. The summed E-state index contributed by atoms with van der Waals surface area (Å²) >= 11 is 0. The zero-order chi connectivity index (χ0) is 29.3. The van der Waals surface area contributed by atoms with Gasteiger partial charge in [0.2, 0.25) is 19.4 Å². The molecule has 0 radical (unpaired) electrons. The normalized spacial score (nSPS) is 34.8. The molecule has 0 unspecified atom stereocenters. The highest BCUT2D eigenvalue weighted by atomic mass is 16.7. The van der Waals surface area contributed by atoms with E-state index in [0.29, 0.717) is 29.9 Å². The van der Waals surface area contributed by atoms with Crippen LogP contribution < -0.4 is 18.9 Å². The lowest BCUT2D eigenvalue weighted by molar-refractivity contribution is -0.278. The largest absolute Gasteiger partial charge is 0.462 e. The standard InChI is InChI=1S/C27H34O14/c28-9-18-20(30)22(32)24(34)26(40-18)38-14-5-13(2-1-12-3-4-16-17(7-12)37-11-36-16)6-15(8-14)39-27-25(35)23(33)21(31)19(10-29)41-27/h3-8,18-35H,1-2,9-11H2/t18-,19-,20-,21-,22+,23+,24-,25-,26-,27-/m1/s1. The van der Waals surface area contributed by atoms with E-state index in [0.717, 1.165) is 5.56 Å². The zero-order valence-electron chi connectivity index (χ0n) is 21.8. The molecule has 5 rings (SSSR count). The molecule has 0 saturated carbocycles. The van der Waals surface area contributed by atoms with Crippen molar-refractivity contribution in [3.8, 4) is 23.0 Å². The summed E-state index contributed by atoms with van der Waals surface area (Å²) in [5, 5.41) is 80.3. The van der Waals surface area contributed by atoms with Crippen molar-refractivity contribution >= 4 is 0 Å². The number of ether oxygens (including phenoxy) is 6. The zero-order valence-corrected chi connectivity index (χ0v) is 21.8. The molecule has 10 atom stereocenters. The van der Waals surface area contributed by atoms with Gasteiger partial charge in [-0.05, 0) is 48.2 Å². The predicted molar refractivity (Wildman–Crippen MR) is 135 cm³/mol. The summed E-state index contributed by atoms with van der Waals surface area (Å²) in [5.41, 5.74) is 1.62. The molecule has 2 aromatic carbocycles. The highest BCUT2D eigenvalue weighted by molar-refractivity contribution is 5.45. The van der Waals surface area contributed by atoms with Crippen LogP contribution in [0.2, 0.25) is 0 Å². The molecular formula is C27H34O14. The van der Waals surface area contributed by atoms with Crippen molar-refractivity contribution in [1.82, 2.24) is 0 Å². The number of aliphatic hydroxyl groups is 8. The van der Waals surface area contributed by atoms with Crippen LogP contribution in [0.15, 0.2) is 36.4 Å². The third kappa shape index (κ3) is 6.36. The monoisotopic (exact) mass is 582 g/mol. The van der Waals surface area contributed by atoms with Crippen molar-refractivity contribution in [2.75, 3.05) is 20.0 Å². The maximum atomic E-state index is 10.4. The quantitative estimate of drug-likeness (QED) is 0.154. The van der Waals surface area contributed by atoms with Gasteiger partial charge >= 0.3 is 0 Å². The Morgan fingerprint density at radius 2 is 1.10 bits per heavy atom. The second kappa shape index (κ2) is 12.6. The first kappa shape index (κ1) is 29.7. The van der Waals surface area contributed by atoms with Crippen molar-refractivity contribution in [3.05, 3.63) is 47.5 Å². The van der Waals surface area contributed by atoms with Crippen molar-refractivity contribution in [3.63, 3.8) is 0 Å². The number of hydrogen-bond donors (Lipinski definition) is 8. The van der Waals surface area contributed by atoms with Gasteiger partial charge in [0.25, 0.3) is 0 Å². The van der Waals surface area contributed by atoms with E-state index in [1.54, 1.807) is 12.1 Å². The van der Waals surface area contributed by atoms with Gasteiger partial charge in [-0.15, -0.1) is 0 Å². The van der Waals surface area contributed by atoms with Gasteiger partial charge in [-0.3, -0.25) is 0 Å². The van der Waals surface area contributed by atoms with Crippen LogP contribution in [0.5, 0.6) is 23.0 Å². The minimum Gasteiger partial charge on any atom is -0.462 e. The topological polar surface area (TPSA) is 217 Å². The Bertz CT molecular complexity index is 1120. The number of rotatable bonds is 9. The van der Waals surface area contributed by atoms with Crippen LogP contribution in [-0.4, -0.2) is 122 Å². The molecule has 3 heterocycles. The molecule has 14 nitrogen and oxygen atoms in total. The Balaban J connectivity index is 1.38. The van der Waals surface area contributed by atoms with Crippen LogP contribution in [0.25, 0.3) is 0 Å². The van der Waals surface area contributed by atoms with Crippen LogP contribution in [0.1, 0.15) is 11.1 Å². The van der Waals surface area contributed by atoms with Crippen LogP contribution in [0.4, 0.5) is 0 Å². The first-order valence-electron chi connectivity index (χ1n) is 13.2. The highest BCUT2D eigenvalue weighted by Gasteiger charge is 2.46. The molecule has 0 aliphatic carbocycles. The number of benzene rings is 2. The Morgan fingerprint density at radius 1 is 0.585 bits per heavy atom. The SMILES string of the molecule is OC[C@H]1O[C@@H](Oc2cc(CCc3ccc4c(c3)OCO4)cc(O[C@@H]3O[C@H](CO)[C@@H](O)[C@H](O)[C@H]3O)c2)[C@H](O)[C@@H](O)[C@@H]1O. The first-order chi connectivity index (χ1) is 19.7. The molecule has 3 aliphatic heterocycles. The Hall–Kier alpha value is -2.76. The maximum Gasteiger partial charge on any atom is 0.231 e. The molecular weight excluding hydrogens is 548 g/mol. The summed E-state index contributed by atoms with van der Waals surface area (Å²) in [5.74, 6) is 1.50. The lowest BCUT2D eigenvalue weighted by atomic mass is 9.99. The van der Waals surface area contributed by atoms with Gasteiger partial charge in [-0.25, -0.2) is 0 Å². The molecule has 2 fully saturated rings. The summed E-state index contributed by atoms with van der Waals surface area (Å²) < 4.78 is 33.3. The fraction of sp³-hybridized carbons (Fsp3) is 0.556. The van der Waals surface area contributed by atoms with E-state index in [1.807, 2.05) is 18.2 Å². The average molecular weight is 583 g/mol. The van der Waals surface area contributed by atoms with E-state index in [4.69, 9.17) is 28.4 Å². The molecule has 226 valence electrons. The predicted octanol–water partition coefficient (Wildman–Crippen LogP) is -2.44. The van der Waals surface area contributed by atoms with E-state index < -0.39 is 74.6 Å². The second-order valence-corrected chi connectivity index (χ2v) is 10.1. The fourth-order valence-corrected chi connectivity index (χ4v) is 4.89. The molecule has 3 aliphatic rings. The smallest absolute Gasteiger partial charge is 0.231 e. The van der Waals surface area contributed by atoms with Gasteiger partial charge in [0.15, 0.2) is 11.5 Å². The van der Waals surface area contributed by atoms with Gasteiger partial charge in [-0.1, -0.05) is 6.07 Å². The summed E-state index contributed by atoms with van der Waals surface area (Å²) in [6.45, 7) is -1.12. The molecule has 0 aromatic heterocycles. The highest BCUT2D eigenvalue weighted by Crippen LogP contribution is 2.34. The van der Waals surface area contributed by atoms with Crippen LogP contribution >= 0.6 is 0 Å². The van der Waals surface area contributed by atoms with Gasteiger partial charge in [0, 0.05) is 6.07 Å². The van der Waals surface area contributed by atoms with Gasteiger partial charge in [0.1, 0.15) is 60.3 Å². The summed E-state index contributed by atoms with van der Waals surface area (Å²) in [4.78, 5) is 0. The summed E-state index contributed by atoms with van der Waals surface area (Å²) in [7, 11) is 0. The van der Waals surface area contributed by atoms with Crippen LogP contribution in [0, 0.1) is 0 Å². The van der Waals surface area contributed by atoms with E-state index >= 15 is 0 Å². The van der Waals surface area contributed by atoms with E-state index in [9.17, 15) is 40.9 Å². The summed E-state index contributed by atoms with van der Waals surface area (Å²) in [6, 6.07) is 10.2. The molecule has 14 heteroatoms. The third-order valence-corrected chi connectivity index (χ3v) is 7.28. The molecule has 2 aromatic rings. The van der Waals surface area contributed by atoms with E-state index in [-0.39, 0.29) is 18.3 Å². The molecule has 8 N–H and O–H groups in total. The Kier molecular flexibility index (Phi) is 9.15. The van der Waals surface area contributed by atoms with Gasteiger partial charge in [-0.2, -0.15) is 0 Å². The third-order valence-electron chi connectivity index (χ3n) is 7.28. The van der Waals surface area contributed by atoms with E-state index in [2.05, 4.69) is 0 Å². The molecule has 0 amide bonds. The van der Waals surface area contributed by atoms with E-state index in [1.165, 1.54) is 6.07 Å².